The summed E-state index contributed by atoms with van der Waals surface area (Å²) in [5.74, 6) is 0.785. The largest absolute Gasteiger partial charge is 0.456 e. The van der Waals surface area contributed by atoms with E-state index in [0.29, 0.717) is 0 Å². The molecule has 2 heteroatoms. The maximum atomic E-state index is 8.67. The average Bonchev–Trinajstić information content (AvgIpc) is 2.57. The summed E-state index contributed by atoms with van der Waals surface area (Å²) in [5, 5.41) is 9.79. The molecular formula is C13H14O2. The van der Waals surface area contributed by atoms with Crippen LogP contribution in [-0.2, 0) is 0 Å². The maximum absolute atomic E-state index is 8.67. The lowest BCUT2D eigenvalue weighted by molar-refractivity contribution is 0.343. The zero-order valence-corrected chi connectivity index (χ0v) is 8.95. The Morgan fingerprint density at radius 3 is 2.80 bits per heavy atom. The zero-order valence-electron chi connectivity index (χ0n) is 8.95. The van der Waals surface area contributed by atoms with Crippen LogP contribution >= 0.6 is 0 Å². The molecule has 1 aromatic carbocycles. The van der Waals surface area contributed by atoms with E-state index in [9.17, 15) is 0 Å². The molecule has 2 nitrogen and oxygen atoms in total. The van der Waals surface area contributed by atoms with Crippen LogP contribution in [0.5, 0.6) is 0 Å². The van der Waals surface area contributed by atoms with Crippen LogP contribution in [-0.4, -0.2) is 11.7 Å². The number of fused-ring (bicyclic) bond motifs is 1. The fourth-order valence-corrected chi connectivity index (χ4v) is 1.79. The first-order valence-electron chi connectivity index (χ1n) is 4.99. The van der Waals surface area contributed by atoms with E-state index in [2.05, 4.69) is 19.1 Å². The first-order chi connectivity index (χ1) is 7.20. The number of aliphatic hydroxyl groups excluding tert-OH is 1. The van der Waals surface area contributed by atoms with Crippen LogP contribution in [0.4, 0.5) is 0 Å². The van der Waals surface area contributed by atoms with Gasteiger partial charge in [0.1, 0.15) is 11.3 Å². The highest BCUT2D eigenvalue weighted by Gasteiger charge is 2.04. The first-order valence-corrected chi connectivity index (χ1v) is 4.99. The summed E-state index contributed by atoms with van der Waals surface area (Å²) in [6.07, 6.45) is 3.45. The molecule has 0 saturated heterocycles. The predicted octanol–water partition coefficient (Wildman–Crippen LogP) is 3.06. The van der Waals surface area contributed by atoms with Gasteiger partial charge in [0.05, 0.1) is 6.61 Å². The van der Waals surface area contributed by atoms with Gasteiger partial charge in [-0.3, -0.25) is 0 Å². The van der Waals surface area contributed by atoms with Gasteiger partial charge in [0.25, 0.3) is 0 Å². The van der Waals surface area contributed by atoms with Gasteiger partial charge >= 0.3 is 0 Å². The van der Waals surface area contributed by atoms with Gasteiger partial charge in [-0.05, 0) is 37.6 Å². The minimum atomic E-state index is 0.0368. The molecule has 0 aliphatic heterocycles. The van der Waals surface area contributed by atoms with Crippen LogP contribution < -0.4 is 0 Å². The lowest BCUT2D eigenvalue weighted by Gasteiger charge is -1.96. The molecule has 0 aliphatic carbocycles. The molecule has 0 radical (unpaired) electrons. The molecule has 0 atom stereocenters. The van der Waals surface area contributed by atoms with Crippen molar-refractivity contribution in [3.8, 4) is 0 Å². The number of rotatable bonds is 2. The van der Waals surface area contributed by atoms with Gasteiger partial charge in [-0.1, -0.05) is 17.7 Å². The van der Waals surface area contributed by atoms with Gasteiger partial charge in [0.15, 0.2) is 0 Å². The minimum absolute atomic E-state index is 0.0368. The van der Waals surface area contributed by atoms with Crippen LogP contribution in [0.2, 0.25) is 0 Å². The second-order valence-corrected chi connectivity index (χ2v) is 3.73. The second kappa shape index (κ2) is 3.91. The van der Waals surface area contributed by atoms with Crippen molar-refractivity contribution in [1.29, 1.82) is 0 Å². The van der Waals surface area contributed by atoms with E-state index in [0.717, 1.165) is 22.3 Å². The quantitative estimate of drug-likeness (QED) is 0.812. The van der Waals surface area contributed by atoms with E-state index in [4.69, 9.17) is 9.52 Å². The van der Waals surface area contributed by atoms with Gasteiger partial charge in [-0.15, -0.1) is 0 Å². The Morgan fingerprint density at radius 1 is 1.27 bits per heavy atom. The van der Waals surface area contributed by atoms with Crippen LogP contribution in [0.3, 0.4) is 0 Å². The van der Waals surface area contributed by atoms with Crippen molar-refractivity contribution in [2.45, 2.75) is 13.8 Å². The number of hydrogen-bond acceptors (Lipinski definition) is 2. The third-order valence-electron chi connectivity index (χ3n) is 2.35. The average molecular weight is 202 g/mol. The third-order valence-corrected chi connectivity index (χ3v) is 2.35. The summed E-state index contributed by atoms with van der Waals surface area (Å²) >= 11 is 0. The number of aliphatic hydroxyl groups is 1. The highest BCUT2D eigenvalue weighted by atomic mass is 16.3. The smallest absolute Gasteiger partial charge is 0.137 e. The molecule has 1 heterocycles. The number of hydrogen-bond donors (Lipinski definition) is 1. The molecule has 15 heavy (non-hydrogen) atoms. The van der Waals surface area contributed by atoms with Crippen LogP contribution in [0.15, 0.2) is 28.7 Å². The fourth-order valence-electron chi connectivity index (χ4n) is 1.79. The van der Waals surface area contributed by atoms with Gasteiger partial charge in [-0.2, -0.15) is 0 Å². The highest BCUT2D eigenvalue weighted by molar-refractivity contribution is 5.83. The number of furan rings is 1. The topological polar surface area (TPSA) is 33.4 Å². The minimum Gasteiger partial charge on any atom is -0.456 e. The van der Waals surface area contributed by atoms with E-state index >= 15 is 0 Å². The van der Waals surface area contributed by atoms with E-state index < -0.39 is 0 Å². The molecule has 0 amide bonds. The van der Waals surface area contributed by atoms with Gasteiger partial charge in [-0.25, -0.2) is 0 Å². The molecule has 0 saturated carbocycles. The van der Waals surface area contributed by atoms with Crippen molar-refractivity contribution in [2.75, 3.05) is 6.61 Å². The summed E-state index contributed by atoms with van der Waals surface area (Å²) in [5.41, 5.74) is 3.31. The second-order valence-electron chi connectivity index (χ2n) is 3.73. The van der Waals surface area contributed by atoms with Crippen LogP contribution in [0.1, 0.15) is 16.9 Å². The van der Waals surface area contributed by atoms with E-state index in [-0.39, 0.29) is 6.61 Å². The van der Waals surface area contributed by atoms with Crippen molar-refractivity contribution >= 4 is 17.0 Å². The Kier molecular flexibility index (Phi) is 2.60. The van der Waals surface area contributed by atoms with Crippen LogP contribution in [0, 0.1) is 13.8 Å². The van der Waals surface area contributed by atoms with Crippen molar-refractivity contribution in [2.24, 2.45) is 0 Å². The molecule has 0 bridgehead atoms. The summed E-state index contributed by atoms with van der Waals surface area (Å²) in [7, 11) is 0. The molecule has 2 aromatic rings. The summed E-state index contributed by atoms with van der Waals surface area (Å²) in [4.78, 5) is 0. The molecule has 78 valence electrons. The Labute approximate surface area is 88.8 Å². The highest BCUT2D eigenvalue weighted by Crippen LogP contribution is 2.24. The zero-order chi connectivity index (χ0) is 10.8. The standard InChI is InChI=1S/C13H14O2/c1-9-6-10(2)13-11(7-9)8-12(15-13)4-3-5-14/h3-4,6-8,14H,5H2,1-2H3/b4-3+. The van der Waals surface area contributed by atoms with Crippen LogP contribution in [0.25, 0.3) is 17.0 Å². The Hall–Kier alpha value is -1.54. The molecule has 1 N–H and O–H groups in total. The normalized spacial score (nSPS) is 11.7. The first kappa shape index (κ1) is 9.99. The molecule has 0 unspecified atom stereocenters. The third kappa shape index (κ3) is 1.95. The Balaban J connectivity index is 2.55. The maximum Gasteiger partial charge on any atom is 0.137 e. The summed E-state index contributed by atoms with van der Waals surface area (Å²) in [6.45, 7) is 4.15. The molecule has 2 rings (SSSR count). The number of benzene rings is 1. The van der Waals surface area contributed by atoms with Crippen molar-refractivity contribution in [3.63, 3.8) is 0 Å². The van der Waals surface area contributed by atoms with Crippen molar-refractivity contribution in [1.82, 2.24) is 0 Å². The lowest BCUT2D eigenvalue weighted by Crippen LogP contribution is -1.76. The monoisotopic (exact) mass is 202 g/mol. The van der Waals surface area contributed by atoms with Gasteiger partial charge in [0, 0.05) is 5.39 Å². The molecule has 0 fully saturated rings. The van der Waals surface area contributed by atoms with E-state index in [1.165, 1.54) is 5.56 Å². The van der Waals surface area contributed by atoms with Gasteiger partial charge in [0.2, 0.25) is 0 Å². The molecule has 1 aromatic heterocycles. The van der Waals surface area contributed by atoms with E-state index in [1.54, 1.807) is 12.2 Å². The SMILES string of the molecule is Cc1cc(C)c2oc(/C=C/CO)cc2c1. The van der Waals surface area contributed by atoms with E-state index in [1.807, 2.05) is 13.0 Å². The summed E-state index contributed by atoms with van der Waals surface area (Å²) in [6, 6.07) is 6.19. The fraction of sp³-hybridized carbons (Fsp3) is 0.231. The predicted molar refractivity (Wildman–Crippen MR) is 61.8 cm³/mol. The Bertz CT molecular complexity index is 506. The van der Waals surface area contributed by atoms with Gasteiger partial charge < -0.3 is 9.52 Å². The molecule has 0 spiro atoms. The van der Waals surface area contributed by atoms with Crippen molar-refractivity contribution in [3.05, 3.63) is 41.2 Å². The molecular weight excluding hydrogens is 188 g/mol. The summed E-state index contributed by atoms with van der Waals surface area (Å²) < 4.78 is 5.66. The van der Waals surface area contributed by atoms with Crippen molar-refractivity contribution < 1.29 is 9.52 Å². The number of aryl methyl sites for hydroxylation is 2. The lowest BCUT2D eigenvalue weighted by atomic mass is 10.1. The molecule has 0 aliphatic rings. The Morgan fingerprint density at radius 2 is 2.07 bits per heavy atom.